The van der Waals surface area contributed by atoms with E-state index in [0.717, 1.165) is 0 Å². The number of fused-ring (bicyclic) bond motifs is 6. The van der Waals surface area contributed by atoms with E-state index >= 15 is 0 Å². The van der Waals surface area contributed by atoms with Gasteiger partial charge in [-0.05, 0) is 71.6 Å². The number of hydrogen-bond donors (Lipinski definition) is 0. The topological polar surface area (TPSA) is 9.86 Å². The predicted molar refractivity (Wildman–Crippen MR) is 164 cm³/mol. The molecule has 0 aliphatic carbocycles. The summed E-state index contributed by atoms with van der Waals surface area (Å²) in [5.41, 5.74) is 11.0. The molecule has 0 aliphatic heterocycles. The van der Waals surface area contributed by atoms with Gasteiger partial charge in [-0.2, -0.15) is 0 Å². The lowest BCUT2D eigenvalue weighted by atomic mass is 9.98. The Balaban J connectivity index is 1.53. The molecule has 0 saturated heterocycles. The number of allylic oxidation sites excluding steroid dienone is 2. The van der Waals surface area contributed by atoms with E-state index in [4.69, 9.17) is 0 Å². The molecule has 7 aromatic rings. The molecule has 38 heavy (non-hydrogen) atoms. The fraction of sp³-hybridized carbons (Fsp3) is 0.0556. The van der Waals surface area contributed by atoms with Crippen LogP contribution in [0.4, 0.5) is 0 Å². The van der Waals surface area contributed by atoms with Gasteiger partial charge in [0.1, 0.15) is 0 Å². The highest BCUT2D eigenvalue weighted by Crippen LogP contribution is 2.39. The van der Waals surface area contributed by atoms with Crippen LogP contribution in [0.25, 0.3) is 66.5 Å². The summed E-state index contributed by atoms with van der Waals surface area (Å²) < 4.78 is 4.68. The van der Waals surface area contributed by atoms with Crippen LogP contribution in [0.3, 0.4) is 0 Å². The molecule has 2 aromatic heterocycles. The fourth-order valence-electron chi connectivity index (χ4n) is 6.00. The van der Waals surface area contributed by atoms with Gasteiger partial charge in [-0.25, -0.2) is 0 Å². The van der Waals surface area contributed by atoms with Gasteiger partial charge in [-0.15, -0.1) is 0 Å². The summed E-state index contributed by atoms with van der Waals surface area (Å²) in [7, 11) is 2.16. The highest BCUT2D eigenvalue weighted by molar-refractivity contribution is 6.15. The summed E-state index contributed by atoms with van der Waals surface area (Å²) in [5, 5.41) is 5.12. The quantitative estimate of drug-likeness (QED) is 0.218. The lowest BCUT2D eigenvalue weighted by Crippen LogP contribution is -1.93. The van der Waals surface area contributed by atoms with Gasteiger partial charge in [0.15, 0.2) is 0 Å². The highest BCUT2D eigenvalue weighted by Gasteiger charge is 2.17. The number of aryl methyl sites for hydroxylation is 2. The molecule has 5 aromatic carbocycles. The van der Waals surface area contributed by atoms with E-state index in [9.17, 15) is 0 Å². The Hall–Kier alpha value is -4.82. The first kappa shape index (κ1) is 22.4. The maximum Gasteiger partial charge on any atom is 0.0547 e. The van der Waals surface area contributed by atoms with Gasteiger partial charge in [0, 0.05) is 45.3 Å². The largest absolute Gasteiger partial charge is 0.344 e. The maximum atomic E-state index is 3.91. The van der Waals surface area contributed by atoms with E-state index in [-0.39, 0.29) is 0 Å². The summed E-state index contributed by atoms with van der Waals surface area (Å²) in [4.78, 5) is 0. The molecule has 0 spiro atoms. The summed E-state index contributed by atoms with van der Waals surface area (Å²) in [5.74, 6) is 0. The zero-order valence-electron chi connectivity index (χ0n) is 21.6. The first-order valence-electron chi connectivity index (χ1n) is 13.1. The molecule has 0 aliphatic rings. The first-order chi connectivity index (χ1) is 18.7. The van der Waals surface area contributed by atoms with Crippen molar-refractivity contribution >= 4 is 49.7 Å². The normalized spacial score (nSPS) is 11.9. The van der Waals surface area contributed by atoms with Gasteiger partial charge in [0.2, 0.25) is 0 Å². The minimum Gasteiger partial charge on any atom is -0.344 e. The second-order valence-corrected chi connectivity index (χ2v) is 10.00. The van der Waals surface area contributed by atoms with Crippen LogP contribution in [0.5, 0.6) is 0 Å². The average molecular weight is 489 g/mol. The zero-order valence-corrected chi connectivity index (χ0v) is 21.6. The van der Waals surface area contributed by atoms with Gasteiger partial charge in [-0.1, -0.05) is 85.5 Å². The van der Waals surface area contributed by atoms with Crippen LogP contribution in [-0.4, -0.2) is 9.13 Å². The fourth-order valence-corrected chi connectivity index (χ4v) is 6.00. The smallest absolute Gasteiger partial charge is 0.0547 e. The molecule has 0 bridgehead atoms. The number of aromatic nitrogens is 2. The second-order valence-electron chi connectivity index (χ2n) is 10.00. The first-order valence-corrected chi connectivity index (χ1v) is 13.1. The Morgan fingerprint density at radius 3 is 2.18 bits per heavy atom. The summed E-state index contributed by atoms with van der Waals surface area (Å²) >= 11 is 0. The lowest BCUT2D eigenvalue weighted by molar-refractivity contribution is 1.01. The Morgan fingerprint density at radius 2 is 1.34 bits per heavy atom. The summed E-state index contributed by atoms with van der Waals surface area (Å²) in [6.45, 7) is 6.09. The van der Waals surface area contributed by atoms with Crippen molar-refractivity contribution in [3.05, 3.63) is 133 Å². The standard InChI is InChI=1S/C36H28N2/c1-4-5-13-28-24(2)16-20-34-36(28)31-22-25(18-21-33(31)38(34)27-11-7-6-8-12-27)26-17-19-30-29-14-9-10-15-32(29)37(3)35(30)23-26/h4-23H,1H2,2-3H3/b13-5-. The van der Waals surface area contributed by atoms with E-state index in [1.54, 1.807) is 0 Å². The Labute approximate surface area is 222 Å². The number of nitrogens with zero attached hydrogens (tertiary/aromatic N) is 2. The van der Waals surface area contributed by atoms with Crippen molar-refractivity contribution in [2.24, 2.45) is 7.05 Å². The highest BCUT2D eigenvalue weighted by atomic mass is 15.0. The van der Waals surface area contributed by atoms with Gasteiger partial charge < -0.3 is 9.13 Å². The van der Waals surface area contributed by atoms with Crippen molar-refractivity contribution in [2.75, 3.05) is 0 Å². The molecule has 0 radical (unpaired) electrons. The molecule has 2 heteroatoms. The molecule has 0 N–H and O–H groups in total. The minimum atomic E-state index is 1.17. The van der Waals surface area contributed by atoms with Crippen molar-refractivity contribution in [3.63, 3.8) is 0 Å². The zero-order chi connectivity index (χ0) is 25.8. The third kappa shape index (κ3) is 3.27. The van der Waals surface area contributed by atoms with Crippen molar-refractivity contribution in [1.29, 1.82) is 0 Å². The summed E-state index contributed by atoms with van der Waals surface area (Å²) in [6, 6.07) is 37.5. The van der Waals surface area contributed by atoms with Crippen LogP contribution in [-0.2, 0) is 7.05 Å². The Morgan fingerprint density at radius 1 is 0.632 bits per heavy atom. The van der Waals surface area contributed by atoms with E-state index in [0.29, 0.717) is 0 Å². The van der Waals surface area contributed by atoms with Crippen LogP contribution in [0.2, 0.25) is 0 Å². The molecule has 0 atom stereocenters. The van der Waals surface area contributed by atoms with E-state index < -0.39 is 0 Å². The predicted octanol–water partition coefficient (Wildman–Crippen LogP) is 9.60. The number of hydrogen-bond acceptors (Lipinski definition) is 0. The Bertz CT molecular complexity index is 2050. The van der Waals surface area contributed by atoms with E-state index in [1.165, 1.54) is 71.6 Å². The van der Waals surface area contributed by atoms with Gasteiger partial charge in [-0.3, -0.25) is 0 Å². The summed E-state index contributed by atoms with van der Waals surface area (Å²) in [6.07, 6.45) is 6.07. The van der Waals surface area contributed by atoms with Gasteiger partial charge >= 0.3 is 0 Å². The van der Waals surface area contributed by atoms with Crippen molar-refractivity contribution in [3.8, 4) is 16.8 Å². The van der Waals surface area contributed by atoms with Crippen molar-refractivity contribution in [1.82, 2.24) is 9.13 Å². The van der Waals surface area contributed by atoms with Gasteiger partial charge in [0.25, 0.3) is 0 Å². The average Bonchev–Trinajstić information content (AvgIpc) is 3.44. The van der Waals surface area contributed by atoms with Crippen LogP contribution >= 0.6 is 0 Å². The SMILES string of the molecule is C=C/C=C\c1c(C)ccc2c1c1cc(-c3ccc4c5ccccc5n(C)c4c3)ccc1n2-c1ccccc1. The number of rotatable bonds is 4. The molecule has 0 amide bonds. The monoisotopic (exact) mass is 488 g/mol. The second kappa shape index (κ2) is 8.64. The molecule has 0 unspecified atom stereocenters. The molecule has 2 heterocycles. The van der Waals surface area contributed by atoms with Crippen LogP contribution in [0.15, 0.2) is 122 Å². The third-order valence-corrected chi connectivity index (χ3v) is 7.85. The van der Waals surface area contributed by atoms with Crippen molar-refractivity contribution in [2.45, 2.75) is 6.92 Å². The van der Waals surface area contributed by atoms with Gasteiger partial charge in [0.05, 0.1) is 11.0 Å². The molecule has 2 nitrogen and oxygen atoms in total. The molecule has 182 valence electrons. The molecule has 0 saturated carbocycles. The molecule has 7 rings (SSSR count). The molecular weight excluding hydrogens is 460 g/mol. The lowest BCUT2D eigenvalue weighted by Gasteiger charge is -2.09. The molecule has 0 fully saturated rings. The Kier molecular flexibility index (Phi) is 5.09. The number of para-hydroxylation sites is 2. The van der Waals surface area contributed by atoms with E-state index in [2.05, 4.69) is 139 Å². The number of benzene rings is 5. The van der Waals surface area contributed by atoms with E-state index in [1.807, 2.05) is 12.2 Å². The maximum absolute atomic E-state index is 3.91. The van der Waals surface area contributed by atoms with Crippen LogP contribution in [0, 0.1) is 6.92 Å². The van der Waals surface area contributed by atoms with Crippen molar-refractivity contribution < 1.29 is 0 Å². The van der Waals surface area contributed by atoms with Crippen LogP contribution < -0.4 is 0 Å². The van der Waals surface area contributed by atoms with Crippen LogP contribution in [0.1, 0.15) is 11.1 Å². The minimum absolute atomic E-state index is 1.17. The third-order valence-electron chi connectivity index (χ3n) is 7.85. The molecular formula is C36H28N2.